The van der Waals surface area contributed by atoms with E-state index in [2.05, 4.69) is 5.32 Å². The van der Waals surface area contributed by atoms with Crippen molar-refractivity contribution in [1.82, 2.24) is 9.55 Å². The average Bonchev–Trinajstić information content (AvgIpc) is 2.49. The fraction of sp³-hybridized carbons (Fsp3) is 0.200. The van der Waals surface area contributed by atoms with E-state index >= 15 is 0 Å². The van der Waals surface area contributed by atoms with Crippen LogP contribution < -0.4 is 16.6 Å². The smallest absolute Gasteiger partial charge is 0.328 e. The van der Waals surface area contributed by atoms with E-state index in [4.69, 9.17) is 27.9 Å². The second-order valence-corrected chi connectivity index (χ2v) is 5.89. The van der Waals surface area contributed by atoms with Crippen molar-refractivity contribution in [2.75, 3.05) is 5.32 Å². The van der Waals surface area contributed by atoms with Crippen molar-refractivity contribution >= 4 is 40.8 Å². The van der Waals surface area contributed by atoms with E-state index in [1.165, 1.54) is 25.1 Å². The molecule has 1 amide bonds. The number of carbonyl (C=O) groups excluding carboxylic acids is 2. The maximum Gasteiger partial charge on any atom is 0.328 e. The zero-order valence-electron chi connectivity index (χ0n) is 12.9. The molecule has 1 heterocycles. The second-order valence-electron chi connectivity index (χ2n) is 5.02. The number of amides is 1. The summed E-state index contributed by atoms with van der Waals surface area (Å²) in [5.74, 6) is -1.42. The van der Waals surface area contributed by atoms with Gasteiger partial charge >= 0.3 is 11.7 Å². The number of esters is 1. The first kappa shape index (κ1) is 18.8. The fourth-order valence-corrected chi connectivity index (χ4v) is 2.39. The Kier molecular flexibility index (Phi) is 6.00. The van der Waals surface area contributed by atoms with Crippen molar-refractivity contribution in [3.8, 4) is 0 Å². The maximum atomic E-state index is 12.0. The number of anilines is 1. The molecule has 1 aromatic carbocycles. The molecule has 2 aromatic rings. The summed E-state index contributed by atoms with van der Waals surface area (Å²) >= 11 is 11.7. The van der Waals surface area contributed by atoms with Gasteiger partial charge in [-0.1, -0.05) is 23.2 Å². The van der Waals surface area contributed by atoms with E-state index in [9.17, 15) is 19.2 Å². The molecule has 2 N–H and O–H groups in total. The van der Waals surface area contributed by atoms with Gasteiger partial charge in [-0.15, -0.1) is 0 Å². The number of nitrogens with one attached hydrogen (secondary N) is 2. The van der Waals surface area contributed by atoms with Crippen LogP contribution in [0.1, 0.15) is 6.92 Å². The number of hydrogen-bond acceptors (Lipinski definition) is 5. The molecule has 0 radical (unpaired) electrons. The number of aromatic amines is 1. The molecule has 0 saturated carbocycles. The number of benzene rings is 1. The summed E-state index contributed by atoms with van der Waals surface area (Å²) in [7, 11) is 0. The molecular formula is C15H13Cl2N3O5. The van der Waals surface area contributed by atoms with Crippen LogP contribution in [0.4, 0.5) is 5.69 Å². The van der Waals surface area contributed by atoms with Gasteiger partial charge in [0.15, 0.2) is 6.10 Å². The number of hydrogen-bond donors (Lipinski definition) is 2. The highest BCUT2D eigenvalue weighted by Crippen LogP contribution is 2.22. The van der Waals surface area contributed by atoms with Gasteiger partial charge in [0.2, 0.25) is 0 Å². The van der Waals surface area contributed by atoms with Crippen LogP contribution in [0.5, 0.6) is 0 Å². The first-order chi connectivity index (χ1) is 11.7. The molecule has 25 heavy (non-hydrogen) atoms. The van der Waals surface area contributed by atoms with Gasteiger partial charge in [0.1, 0.15) is 6.54 Å². The topological polar surface area (TPSA) is 110 Å². The van der Waals surface area contributed by atoms with E-state index in [1.807, 2.05) is 4.98 Å². The minimum Gasteiger partial charge on any atom is -0.451 e. The Bertz CT molecular complexity index is 902. The predicted molar refractivity (Wildman–Crippen MR) is 92.0 cm³/mol. The third kappa shape index (κ3) is 5.47. The Morgan fingerprint density at radius 2 is 1.88 bits per heavy atom. The molecule has 132 valence electrons. The van der Waals surface area contributed by atoms with Crippen molar-refractivity contribution in [3.05, 3.63) is 61.3 Å². The molecule has 0 aliphatic carbocycles. The quantitative estimate of drug-likeness (QED) is 0.756. The Balaban J connectivity index is 1.96. The molecule has 0 aliphatic heterocycles. The van der Waals surface area contributed by atoms with Crippen LogP contribution in [0.15, 0.2) is 40.1 Å². The molecule has 0 aliphatic rings. The zero-order valence-corrected chi connectivity index (χ0v) is 14.4. The van der Waals surface area contributed by atoms with Crippen LogP contribution in [0, 0.1) is 0 Å². The summed E-state index contributed by atoms with van der Waals surface area (Å²) in [4.78, 5) is 48.3. The largest absolute Gasteiger partial charge is 0.451 e. The molecule has 10 heteroatoms. The van der Waals surface area contributed by atoms with Gasteiger partial charge in [0.05, 0.1) is 0 Å². The number of nitrogens with zero attached hydrogens (tertiary/aromatic N) is 1. The maximum absolute atomic E-state index is 12.0. The Morgan fingerprint density at radius 1 is 1.24 bits per heavy atom. The van der Waals surface area contributed by atoms with Crippen molar-refractivity contribution in [1.29, 1.82) is 0 Å². The van der Waals surface area contributed by atoms with E-state index in [-0.39, 0.29) is 0 Å². The lowest BCUT2D eigenvalue weighted by molar-refractivity contribution is -0.153. The Labute approximate surface area is 151 Å². The van der Waals surface area contributed by atoms with Crippen molar-refractivity contribution < 1.29 is 14.3 Å². The molecule has 0 unspecified atom stereocenters. The summed E-state index contributed by atoms with van der Waals surface area (Å²) in [6.07, 6.45) is 0.0323. The molecule has 1 atom stereocenters. The highest BCUT2D eigenvalue weighted by Gasteiger charge is 2.19. The van der Waals surface area contributed by atoms with E-state index in [0.717, 1.165) is 16.8 Å². The fourth-order valence-electron chi connectivity index (χ4n) is 1.87. The van der Waals surface area contributed by atoms with E-state index in [0.29, 0.717) is 15.7 Å². The molecule has 2 rings (SSSR count). The van der Waals surface area contributed by atoms with Crippen LogP contribution in [0.3, 0.4) is 0 Å². The van der Waals surface area contributed by atoms with Crippen LogP contribution >= 0.6 is 23.2 Å². The lowest BCUT2D eigenvalue weighted by Crippen LogP contribution is -2.34. The first-order valence-corrected chi connectivity index (χ1v) is 7.76. The van der Waals surface area contributed by atoms with Crippen LogP contribution in [0.2, 0.25) is 10.0 Å². The number of rotatable bonds is 5. The van der Waals surface area contributed by atoms with Crippen molar-refractivity contribution in [2.45, 2.75) is 19.6 Å². The summed E-state index contributed by atoms with van der Waals surface area (Å²) in [5, 5.41) is 3.19. The number of aromatic nitrogens is 2. The summed E-state index contributed by atoms with van der Waals surface area (Å²) in [5.41, 5.74) is -0.986. The number of ether oxygens (including phenoxy) is 1. The van der Waals surface area contributed by atoms with Gasteiger partial charge < -0.3 is 10.1 Å². The normalized spacial score (nSPS) is 11.6. The molecule has 1 aromatic heterocycles. The van der Waals surface area contributed by atoms with E-state index in [1.54, 1.807) is 0 Å². The average molecular weight is 386 g/mol. The lowest BCUT2D eigenvalue weighted by Gasteiger charge is -2.14. The molecule has 8 nitrogen and oxygen atoms in total. The van der Waals surface area contributed by atoms with Crippen LogP contribution in [-0.2, 0) is 20.9 Å². The van der Waals surface area contributed by atoms with Gasteiger partial charge in [-0.25, -0.2) is 4.79 Å². The highest BCUT2D eigenvalue weighted by molar-refractivity contribution is 6.35. The monoisotopic (exact) mass is 385 g/mol. The third-order valence-electron chi connectivity index (χ3n) is 3.00. The Morgan fingerprint density at radius 3 is 2.48 bits per heavy atom. The summed E-state index contributed by atoms with van der Waals surface area (Å²) in [6.45, 7) is 0.922. The van der Waals surface area contributed by atoms with Crippen LogP contribution in [-0.4, -0.2) is 27.5 Å². The SMILES string of the molecule is C[C@H](OC(=O)Cn1ccc(=O)[nH]c1=O)C(=O)Nc1cc(Cl)cc(Cl)c1. The first-order valence-electron chi connectivity index (χ1n) is 7.01. The van der Waals surface area contributed by atoms with Crippen molar-refractivity contribution in [2.24, 2.45) is 0 Å². The summed E-state index contributed by atoms with van der Waals surface area (Å²) in [6, 6.07) is 5.57. The van der Waals surface area contributed by atoms with Gasteiger partial charge in [-0.05, 0) is 25.1 Å². The molecule has 0 fully saturated rings. The minimum absolute atomic E-state index is 0.338. The van der Waals surface area contributed by atoms with Gasteiger partial charge in [-0.2, -0.15) is 0 Å². The second kappa shape index (κ2) is 8.00. The molecule has 0 spiro atoms. The summed E-state index contributed by atoms with van der Waals surface area (Å²) < 4.78 is 5.91. The molecule has 0 bridgehead atoms. The highest BCUT2D eigenvalue weighted by atomic mass is 35.5. The van der Waals surface area contributed by atoms with Crippen LogP contribution in [0.25, 0.3) is 0 Å². The van der Waals surface area contributed by atoms with E-state index < -0.39 is 35.8 Å². The van der Waals surface area contributed by atoms with Gasteiger partial charge in [-0.3, -0.25) is 23.9 Å². The lowest BCUT2D eigenvalue weighted by atomic mass is 10.3. The number of halogens is 2. The molecular weight excluding hydrogens is 373 g/mol. The number of H-pyrrole nitrogens is 1. The number of carbonyl (C=O) groups is 2. The van der Waals surface area contributed by atoms with Gasteiger partial charge in [0.25, 0.3) is 11.5 Å². The molecule has 0 saturated heterocycles. The standard InChI is InChI=1S/C15H13Cl2N3O5/c1-8(14(23)18-11-5-9(16)4-10(17)6-11)25-13(22)7-20-3-2-12(21)19-15(20)24/h2-6,8H,7H2,1H3,(H,18,23)(H,19,21,24)/t8-/m0/s1. The van der Waals surface area contributed by atoms with Gasteiger partial charge in [0, 0.05) is 28.0 Å². The van der Waals surface area contributed by atoms with Crippen molar-refractivity contribution in [3.63, 3.8) is 0 Å². The minimum atomic E-state index is -1.12. The zero-order chi connectivity index (χ0) is 18.6. The third-order valence-corrected chi connectivity index (χ3v) is 3.44. The Hall–Kier alpha value is -2.58. The predicted octanol–water partition coefficient (Wildman–Crippen LogP) is 1.41.